The van der Waals surface area contributed by atoms with E-state index in [0.717, 1.165) is 12.8 Å². The molecule has 1 aromatic carbocycles. The molecule has 3 nitrogen and oxygen atoms in total. The van der Waals surface area contributed by atoms with Crippen LogP contribution in [0.25, 0.3) is 0 Å². The first-order valence-corrected chi connectivity index (χ1v) is 6.64. The van der Waals surface area contributed by atoms with Crippen molar-refractivity contribution in [2.75, 3.05) is 0 Å². The molecule has 2 atom stereocenters. The van der Waals surface area contributed by atoms with Crippen molar-refractivity contribution >= 4 is 5.91 Å². The van der Waals surface area contributed by atoms with Crippen LogP contribution in [0.2, 0.25) is 0 Å². The Morgan fingerprint density at radius 2 is 1.90 bits per heavy atom. The molecule has 1 aromatic rings. The Hall–Kier alpha value is -1.63. The average molecular weight is 305 g/mol. The van der Waals surface area contributed by atoms with Gasteiger partial charge in [0.1, 0.15) is 5.82 Å². The second kappa shape index (κ2) is 6.01. The molecule has 2 N–H and O–H groups in total. The monoisotopic (exact) mass is 305 g/mol. The summed E-state index contributed by atoms with van der Waals surface area (Å²) in [5.74, 6) is -1.96. The molecule has 0 bridgehead atoms. The molecule has 0 spiro atoms. The Bertz CT molecular complexity index is 530. The molecule has 1 aliphatic rings. The molecule has 2 rings (SSSR count). The summed E-state index contributed by atoms with van der Waals surface area (Å²) in [6.07, 6.45) is -2.74. The summed E-state index contributed by atoms with van der Waals surface area (Å²) in [4.78, 5) is 11.9. The number of hydrogen-bond donors (Lipinski definition) is 2. The predicted octanol–water partition coefficient (Wildman–Crippen LogP) is 2.88. The number of benzene rings is 1. The summed E-state index contributed by atoms with van der Waals surface area (Å²) in [5.41, 5.74) is -1.75. The second-order valence-electron chi connectivity index (χ2n) is 5.12. The summed E-state index contributed by atoms with van der Waals surface area (Å²) in [5, 5.41) is 12.1. The maximum Gasteiger partial charge on any atom is 0.416 e. The molecule has 0 radical (unpaired) electrons. The molecule has 0 heterocycles. The van der Waals surface area contributed by atoms with E-state index in [1.54, 1.807) is 0 Å². The Morgan fingerprint density at radius 1 is 1.24 bits per heavy atom. The first kappa shape index (κ1) is 15.8. The van der Waals surface area contributed by atoms with Gasteiger partial charge in [0, 0.05) is 0 Å². The van der Waals surface area contributed by atoms with Crippen molar-refractivity contribution in [1.82, 2.24) is 5.32 Å². The van der Waals surface area contributed by atoms with Crippen LogP contribution in [0.1, 0.15) is 41.6 Å². The van der Waals surface area contributed by atoms with Crippen LogP contribution in [0.15, 0.2) is 18.2 Å². The van der Waals surface area contributed by atoms with Crippen molar-refractivity contribution in [3.8, 4) is 0 Å². The van der Waals surface area contributed by atoms with Crippen LogP contribution in [0.5, 0.6) is 0 Å². The van der Waals surface area contributed by atoms with E-state index in [1.807, 2.05) is 0 Å². The minimum atomic E-state index is -4.65. The zero-order valence-electron chi connectivity index (χ0n) is 11.1. The molecule has 7 heteroatoms. The zero-order chi connectivity index (χ0) is 15.6. The number of halogens is 4. The molecule has 116 valence electrons. The number of hydrogen-bond acceptors (Lipinski definition) is 2. The number of carbonyl (C=O) groups excluding carboxylic acids is 1. The average Bonchev–Trinajstić information content (AvgIpc) is 2.40. The Kier molecular flexibility index (Phi) is 4.51. The molecule has 1 aliphatic carbocycles. The van der Waals surface area contributed by atoms with Gasteiger partial charge in [-0.25, -0.2) is 4.39 Å². The molecule has 0 unspecified atom stereocenters. The van der Waals surface area contributed by atoms with Gasteiger partial charge in [0.05, 0.1) is 23.3 Å². The van der Waals surface area contributed by atoms with E-state index < -0.39 is 41.2 Å². The second-order valence-corrected chi connectivity index (χ2v) is 5.12. The Labute approximate surface area is 119 Å². The molecule has 21 heavy (non-hydrogen) atoms. The Morgan fingerprint density at radius 3 is 2.52 bits per heavy atom. The first-order valence-electron chi connectivity index (χ1n) is 6.64. The van der Waals surface area contributed by atoms with Gasteiger partial charge < -0.3 is 10.4 Å². The van der Waals surface area contributed by atoms with Crippen LogP contribution in [0.3, 0.4) is 0 Å². The van der Waals surface area contributed by atoms with E-state index in [0.29, 0.717) is 31.0 Å². The number of nitrogens with one attached hydrogen (secondary N) is 1. The van der Waals surface area contributed by atoms with Gasteiger partial charge in [-0.15, -0.1) is 0 Å². The smallest absolute Gasteiger partial charge is 0.391 e. The summed E-state index contributed by atoms with van der Waals surface area (Å²) in [6.45, 7) is 0. The lowest BCUT2D eigenvalue weighted by Crippen LogP contribution is -2.45. The minimum Gasteiger partial charge on any atom is -0.391 e. The third-order valence-corrected chi connectivity index (χ3v) is 3.58. The largest absolute Gasteiger partial charge is 0.416 e. The standard InChI is InChI=1S/C14H15F4NO2/c15-10-6-5-8(14(16,17)18)7-9(10)13(21)19-11-3-1-2-4-12(11)20/h5-7,11-12,20H,1-4H2,(H,19,21)/t11-,12-/m1/s1. The van der Waals surface area contributed by atoms with Gasteiger partial charge >= 0.3 is 6.18 Å². The third-order valence-electron chi connectivity index (χ3n) is 3.58. The highest BCUT2D eigenvalue weighted by Gasteiger charge is 2.32. The molecule has 0 saturated heterocycles. The van der Waals surface area contributed by atoms with Crippen LogP contribution < -0.4 is 5.32 Å². The number of carbonyl (C=O) groups is 1. The highest BCUT2D eigenvalue weighted by Crippen LogP contribution is 2.30. The van der Waals surface area contributed by atoms with E-state index in [9.17, 15) is 27.5 Å². The van der Waals surface area contributed by atoms with Gasteiger partial charge in [-0.2, -0.15) is 13.2 Å². The molecule has 1 fully saturated rings. The Balaban J connectivity index is 2.18. The number of aliphatic hydroxyl groups excluding tert-OH is 1. The van der Waals surface area contributed by atoms with Crippen LogP contribution in [-0.2, 0) is 6.18 Å². The van der Waals surface area contributed by atoms with Crippen molar-refractivity contribution in [2.45, 2.75) is 44.0 Å². The van der Waals surface area contributed by atoms with Gasteiger partial charge in [0.2, 0.25) is 0 Å². The van der Waals surface area contributed by atoms with Gasteiger partial charge in [0.25, 0.3) is 5.91 Å². The maximum atomic E-state index is 13.6. The van der Waals surface area contributed by atoms with Crippen molar-refractivity contribution < 1.29 is 27.5 Å². The van der Waals surface area contributed by atoms with E-state index in [2.05, 4.69) is 5.32 Å². The molecule has 1 saturated carbocycles. The highest BCUT2D eigenvalue weighted by atomic mass is 19.4. The SMILES string of the molecule is O=C(N[C@@H]1CCCC[C@H]1O)c1cc(C(F)(F)F)ccc1F. The lowest BCUT2D eigenvalue weighted by molar-refractivity contribution is -0.137. The molecule has 1 amide bonds. The van der Waals surface area contributed by atoms with Gasteiger partial charge in [-0.1, -0.05) is 12.8 Å². The van der Waals surface area contributed by atoms with E-state index >= 15 is 0 Å². The molecule has 0 aliphatic heterocycles. The van der Waals surface area contributed by atoms with Crippen molar-refractivity contribution in [1.29, 1.82) is 0 Å². The third kappa shape index (κ3) is 3.72. The summed E-state index contributed by atoms with van der Waals surface area (Å²) in [7, 11) is 0. The lowest BCUT2D eigenvalue weighted by Gasteiger charge is -2.28. The van der Waals surface area contributed by atoms with Gasteiger partial charge in [0.15, 0.2) is 0 Å². The minimum absolute atomic E-state index is 0.486. The summed E-state index contributed by atoms with van der Waals surface area (Å²) < 4.78 is 51.3. The van der Waals surface area contributed by atoms with Crippen LogP contribution in [0.4, 0.5) is 17.6 Å². The van der Waals surface area contributed by atoms with Crippen LogP contribution in [-0.4, -0.2) is 23.2 Å². The normalized spacial score (nSPS) is 22.9. The molecular formula is C14H15F4NO2. The summed E-state index contributed by atoms with van der Waals surface area (Å²) in [6, 6.07) is 1.14. The van der Waals surface area contributed by atoms with E-state index in [1.165, 1.54) is 0 Å². The van der Waals surface area contributed by atoms with Crippen molar-refractivity contribution in [3.05, 3.63) is 35.1 Å². The van der Waals surface area contributed by atoms with Gasteiger partial charge in [-0.05, 0) is 31.0 Å². The molecular weight excluding hydrogens is 290 g/mol. The quantitative estimate of drug-likeness (QED) is 0.826. The van der Waals surface area contributed by atoms with Crippen LogP contribution in [0, 0.1) is 5.82 Å². The molecule has 0 aromatic heterocycles. The van der Waals surface area contributed by atoms with E-state index in [4.69, 9.17) is 0 Å². The fourth-order valence-electron chi connectivity index (χ4n) is 2.40. The van der Waals surface area contributed by atoms with Gasteiger partial charge in [-0.3, -0.25) is 4.79 Å². The topological polar surface area (TPSA) is 49.3 Å². The number of rotatable bonds is 2. The highest BCUT2D eigenvalue weighted by molar-refractivity contribution is 5.94. The lowest BCUT2D eigenvalue weighted by atomic mass is 9.92. The summed E-state index contributed by atoms with van der Waals surface area (Å²) >= 11 is 0. The predicted molar refractivity (Wildman–Crippen MR) is 67.1 cm³/mol. The fourth-order valence-corrected chi connectivity index (χ4v) is 2.40. The maximum absolute atomic E-state index is 13.6. The first-order chi connectivity index (χ1) is 9.79. The number of aliphatic hydroxyl groups is 1. The van der Waals surface area contributed by atoms with Crippen LogP contribution >= 0.6 is 0 Å². The van der Waals surface area contributed by atoms with E-state index in [-0.39, 0.29) is 0 Å². The number of alkyl halides is 3. The van der Waals surface area contributed by atoms with Crippen molar-refractivity contribution in [2.24, 2.45) is 0 Å². The van der Waals surface area contributed by atoms with Crippen molar-refractivity contribution in [3.63, 3.8) is 0 Å². The zero-order valence-corrected chi connectivity index (χ0v) is 11.1. The fraction of sp³-hybridized carbons (Fsp3) is 0.500. The number of amides is 1.